The van der Waals surface area contributed by atoms with Gasteiger partial charge in [0.25, 0.3) is 0 Å². The maximum absolute atomic E-state index is 12.0. The van der Waals surface area contributed by atoms with Gasteiger partial charge in [-0.3, -0.25) is 4.68 Å². The van der Waals surface area contributed by atoms with Crippen LogP contribution in [-0.4, -0.2) is 16.1 Å². The van der Waals surface area contributed by atoms with Gasteiger partial charge in [-0.2, -0.15) is 5.10 Å². The second-order valence-corrected chi connectivity index (χ2v) is 3.44. The van der Waals surface area contributed by atoms with Crippen LogP contribution < -0.4 is 4.74 Å². The normalized spacial score (nSPS) is 11.1. The van der Waals surface area contributed by atoms with Crippen LogP contribution in [0, 0.1) is 6.92 Å². The molecule has 2 aromatic rings. The van der Waals surface area contributed by atoms with Crippen LogP contribution in [0.5, 0.6) is 5.75 Å². The summed E-state index contributed by atoms with van der Waals surface area (Å²) in [5.41, 5.74) is 1.44. The predicted octanol–water partition coefficient (Wildman–Crippen LogP) is 3.81. The lowest BCUT2D eigenvalue weighted by atomic mass is 10.2. The molecule has 0 unspecified atom stereocenters. The highest BCUT2D eigenvalue weighted by Crippen LogP contribution is 2.27. The lowest BCUT2D eigenvalue weighted by Crippen LogP contribution is -2.16. The van der Waals surface area contributed by atoms with E-state index in [1.165, 1.54) is 12.1 Å². The molecule has 6 heteroatoms. The molecule has 18 heavy (non-hydrogen) atoms. The molecule has 0 radical (unpaired) electrons. The van der Waals surface area contributed by atoms with E-state index in [4.69, 9.17) is 0 Å². The number of nitrogens with zero attached hydrogens (tertiary/aromatic N) is 2. The van der Waals surface area contributed by atoms with Gasteiger partial charge in [0.2, 0.25) is 0 Å². The van der Waals surface area contributed by atoms with E-state index in [0.29, 0.717) is 11.1 Å². The van der Waals surface area contributed by atoms with Crippen molar-refractivity contribution in [3.63, 3.8) is 0 Å². The highest BCUT2D eigenvalue weighted by molar-refractivity contribution is 5.83. The van der Waals surface area contributed by atoms with E-state index in [1.54, 1.807) is 24.7 Å². The Morgan fingerprint density at radius 2 is 1.83 bits per heavy atom. The van der Waals surface area contributed by atoms with Crippen LogP contribution in [0.25, 0.3) is 10.9 Å². The fourth-order valence-corrected chi connectivity index (χ4v) is 1.62. The third-order valence-electron chi connectivity index (χ3n) is 2.24. The Labute approximate surface area is 103 Å². The Bertz CT molecular complexity index is 532. The van der Waals surface area contributed by atoms with Gasteiger partial charge in [-0.25, -0.2) is 0 Å². The first-order chi connectivity index (χ1) is 8.37. The third kappa shape index (κ3) is 3.15. The zero-order valence-corrected chi connectivity index (χ0v) is 10.7. The smallest absolute Gasteiger partial charge is 0.406 e. The van der Waals surface area contributed by atoms with Crippen molar-refractivity contribution in [2.45, 2.75) is 27.1 Å². The van der Waals surface area contributed by atoms with Gasteiger partial charge in [0, 0.05) is 12.4 Å². The van der Waals surface area contributed by atoms with Crippen LogP contribution in [0.1, 0.15) is 19.5 Å². The molecule has 0 atom stereocenters. The zero-order chi connectivity index (χ0) is 13.9. The first-order valence-electron chi connectivity index (χ1n) is 5.56. The number of hydrogen-bond acceptors (Lipinski definition) is 2. The molecule has 0 aliphatic carbocycles. The SMILES string of the molecule is CC.Cc1nn(C)c2ccc(OC(F)(F)F)cc12. The summed E-state index contributed by atoms with van der Waals surface area (Å²) < 4.78 is 41.5. The van der Waals surface area contributed by atoms with Crippen LogP contribution >= 0.6 is 0 Å². The molecule has 0 saturated heterocycles. The highest BCUT2D eigenvalue weighted by Gasteiger charge is 2.31. The summed E-state index contributed by atoms with van der Waals surface area (Å²) in [6, 6.07) is 4.17. The quantitative estimate of drug-likeness (QED) is 0.779. The Kier molecular flexibility index (Phi) is 4.21. The van der Waals surface area contributed by atoms with Crippen LogP contribution in [0.3, 0.4) is 0 Å². The Morgan fingerprint density at radius 1 is 1.22 bits per heavy atom. The van der Waals surface area contributed by atoms with Crippen molar-refractivity contribution in [1.82, 2.24) is 9.78 Å². The average molecular weight is 260 g/mol. The van der Waals surface area contributed by atoms with Crippen LogP contribution in [0.4, 0.5) is 13.2 Å². The molecule has 0 amide bonds. The van der Waals surface area contributed by atoms with Gasteiger partial charge in [-0.05, 0) is 25.1 Å². The number of benzene rings is 1. The van der Waals surface area contributed by atoms with E-state index in [0.717, 1.165) is 5.52 Å². The first-order valence-corrected chi connectivity index (χ1v) is 5.56. The van der Waals surface area contributed by atoms with Crippen molar-refractivity contribution >= 4 is 10.9 Å². The molecule has 1 aromatic heterocycles. The van der Waals surface area contributed by atoms with Gasteiger partial charge in [-0.15, -0.1) is 13.2 Å². The summed E-state index contributed by atoms with van der Waals surface area (Å²) >= 11 is 0. The Hall–Kier alpha value is -1.72. The molecule has 1 aromatic carbocycles. The summed E-state index contributed by atoms with van der Waals surface area (Å²) in [6.07, 6.45) is -4.66. The highest BCUT2D eigenvalue weighted by atomic mass is 19.4. The zero-order valence-electron chi connectivity index (χ0n) is 10.7. The van der Waals surface area contributed by atoms with E-state index >= 15 is 0 Å². The summed E-state index contributed by atoms with van der Waals surface area (Å²) in [5, 5.41) is 4.76. The van der Waals surface area contributed by atoms with Crippen LogP contribution in [0.15, 0.2) is 18.2 Å². The maximum Gasteiger partial charge on any atom is 0.573 e. The van der Waals surface area contributed by atoms with E-state index in [2.05, 4.69) is 9.84 Å². The largest absolute Gasteiger partial charge is 0.573 e. The molecule has 3 nitrogen and oxygen atoms in total. The van der Waals surface area contributed by atoms with Gasteiger partial charge < -0.3 is 4.74 Å². The summed E-state index contributed by atoms with van der Waals surface area (Å²) in [4.78, 5) is 0. The van der Waals surface area contributed by atoms with E-state index in [9.17, 15) is 13.2 Å². The minimum atomic E-state index is -4.66. The number of ether oxygens (including phenoxy) is 1. The third-order valence-corrected chi connectivity index (χ3v) is 2.24. The fourth-order valence-electron chi connectivity index (χ4n) is 1.62. The molecule has 0 aliphatic heterocycles. The molecule has 0 saturated carbocycles. The van der Waals surface area contributed by atoms with Crippen molar-refractivity contribution in [3.8, 4) is 5.75 Å². The standard InChI is InChI=1S/C10H9F3N2O.C2H6/c1-6-8-5-7(16-10(11,12)13)3-4-9(8)15(2)14-6;1-2/h3-5H,1-2H3;1-2H3. The molecule has 0 N–H and O–H groups in total. The van der Waals surface area contributed by atoms with Gasteiger partial charge >= 0.3 is 6.36 Å². The van der Waals surface area contributed by atoms with Crippen LogP contribution in [-0.2, 0) is 7.05 Å². The molecular formula is C12H15F3N2O. The van der Waals surface area contributed by atoms with Gasteiger partial charge in [-0.1, -0.05) is 13.8 Å². The topological polar surface area (TPSA) is 27.1 Å². The number of aryl methyl sites for hydroxylation is 2. The second-order valence-electron chi connectivity index (χ2n) is 3.44. The molecule has 100 valence electrons. The molecule has 1 heterocycles. The molecule has 0 aliphatic rings. The van der Waals surface area contributed by atoms with E-state index < -0.39 is 6.36 Å². The minimum Gasteiger partial charge on any atom is -0.406 e. The van der Waals surface area contributed by atoms with Crippen molar-refractivity contribution in [1.29, 1.82) is 0 Å². The molecular weight excluding hydrogens is 245 g/mol. The first kappa shape index (κ1) is 14.3. The van der Waals surface area contributed by atoms with E-state index in [-0.39, 0.29) is 5.75 Å². The monoisotopic (exact) mass is 260 g/mol. The number of halogens is 3. The number of fused-ring (bicyclic) bond motifs is 1. The van der Waals surface area contributed by atoms with Crippen molar-refractivity contribution in [2.75, 3.05) is 0 Å². The van der Waals surface area contributed by atoms with E-state index in [1.807, 2.05) is 13.8 Å². The molecule has 2 rings (SSSR count). The number of rotatable bonds is 1. The predicted molar refractivity (Wildman–Crippen MR) is 63.5 cm³/mol. The lowest BCUT2D eigenvalue weighted by Gasteiger charge is -2.08. The molecule has 0 fully saturated rings. The number of hydrogen-bond donors (Lipinski definition) is 0. The fraction of sp³-hybridized carbons (Fsp3) is 0.417. The van der Waals surface area contributed by atoms with Crippen molar-refractivity contribution in [2.24, 2.45) is 7.05 Å². The summed E-state index contributed by atoms with van der Waals surface area (Å²) in [5.74, 6) is -0.226. The van der Waals surface area contributed by atoms with Crippen LogP contribution in [0.2, 0.25) is 0 Å². The van der Waals surface area contributed by atoms with Gasteiger partial charge in [0.05, 0.1) is 11.2 Å². The van der Waals surface area contributed by atoms with Gasteiger partial charge in [0.1, 0.15) is 5.75 Å². The second kappa shape index (κ2) is 5.29. The minimum absolute atomic E-state index is 0.226. The van der Waals surface area contributed by atoms with Crippen molar-refractivity contribution in [3.05, 3.63) is 23.9 Å². The summed E-state index contributed by atoms with van der Waals surface area (Å²) in [7, 11) is 1.74. The number of alkyl halides is 3. The van der Waals surface area contributed by atoms with Gasteiger partial charge in [0.15, 0.2) is 0 Å². The molecule has 0 bridgehead atoms. The number of aromatic nitrogens is 2. The average Bonchev–Trinajstić information content (AvgIpc) is 2.55. The summed E-state index contributed by atoms with van der Waals surface area (Å²) in [6.45, 7) is 5.74. The molecule has 0 spiro atoms. The Balaban J connectivity index is 0.000000771. The maximum atomic E-state index is 12.0. The lowest BCUT2D eigenvalue weighted by molar-refractivity contribution is -0.274. The van der Waals surface area contributed by atoms with Crippen molar-refractivity contribution < 1.29 is 17.9 Å². The Morgan fingerprint density at radius 3 is 2.39 bits per heavy atom.